The summed E-state index contributed by atoms with van der Waals surface area (Å²) in [4.78, 5) is 32.6. The second-order valence-electron chi connectivity index (χ2n) is 8.40. The van der Waals surface area contributed by atoms with Crippen LogP contribution in [-0.2, 0) is 4.79 Å². The van der Waals surface area contributed by atoms with Crippen LogP contribution in [0.5, 0.6) is 0 Å². The number of nitrogens with zero attached hydrogens (tertiary/aromatic N) is 4. The third kappa shape index (κ3) is 4.20. The van der Waals surface area contributed by atoms with Crippen molar-refractivity contribution in [3.05, 3.63) is 88.2 Å². The number of fused-ring (bicyclic) bond motifs is 1. The minimum atomic E-state index is -0.476. The smallest absolute Gasteiger partial charge is 0.271 e. The molecule has 2 aromatic carbocycles. The molecule has 172 valence electrons. The van der Waals surface area contributed by atoms with E-state index in [9.17, 15) is 14.9 Å². The molecule has 0 aliphatic carbocycles. The Bertz CT molecular complexity index is 1270. The number of piperazine rings is 1. The maximum atomic E-state index is 13.0. The molecule has 2 aliphatic rings. The molecule has 34 heavy (non-hydrogen) atoms. The lowest BCUT2D eigenvalue weighted by Gasteiger charge is -2.34. The molecule has 1 aromatic heterocycles. The lowest BCUT2D eigenvalue weighted by Crippen LogP contribution is -2.44. The molecule has 2 N–H and O–H groups in total. The lowest BCUT2D eigenvalue weighted by atomic mass is 10.0. The zero-order valence-electron chi connectivity index (χ0n) is 18.7. The molecule has 9 nitrogen and oxygen atoms in total. The Balaban J connectivity index is 1.51. The Labute approximate surface area is 196 Å². The van der Waals surface area contributed by atoms with Crippen LogP contribution in [0.2, 0.25) is 0 Å². The topological polar surface area (TPSA) is 104 Å². The van der Waals surface area contributed by atoms with Gasteiger partial charge >= 0.3 is 0 Å². The van der Waals surface area contributed by atoms with Gasteiger partial charge in [-0.15, -0.1) is 0 Å². The van der Waals surface area contributed by atoms with E-state index < -0.39 is 4.92 Å². The van der Waals surface area contributed by atoms with Crippen LogP contribution >= 0.6 is 0 Å². The number of aromatic nitrogens is 1. The molecule has 1 fully saturated rings. The van der Waals surface area contributed by atoms with Crippen molar-refractivity contribution in [2.45, 2.75) is 0 Å². The number of nitro benzene ring substituents is 1. The fourth-order valence-electron chi connectivity index (χ4n) is 4.28. The van der Waals surface area contributed by atoms with Crippen LogP contribution in [0.25, 0.3) is 11.3 Å². The van der Waals surface area contributed by atoms with Gasteiger partial charge in [0.15, 0.2) is 0 Å². The van der Waals surface area contributed by atoms with Crippen molar-refractivity contribution in [1.29, 1.82) is 0 Å². The number of carbonyl (C=O) groups excluding carboxylic acids is 1. The second-order valence-corrected chi connectivity index (χ2v) is 8.40. The highest BCUT2D eigenvalue weighted by molar-refractivity contribution is 6.37. The van der Waals surface area contributed by atoms with E-state index in [-0.39, 0.29) is 11.6 Å². The molecule has 0 bridgehead atoms. The molecule has 0 unspecified atom stereocenters. The van der Waals surface area contributed by atoms with Gasteiger partial charge in [-0.05, 0) is 49.5 Å². The lowest BCUT2D eigenvalue weighted by molar-refractivity contribution is -0.384. The number of anilines is 3. The molecule has 2 aliphatic heterocycles. The zero-order chi connectivity index (χ0) is 23.7. The van der Waals surface area contributed by atoms with E-state index >= 15 is 0 Å². The van der Waals surface area contributed by atoms with E-state index in [1.807, 2.05) is 18.2 Å². The number of amides is 1. The first kappa shape index (κ1) is 21.6. The molecule has 5 rings (SSSR count). The van der Waals surface area contributed by atoms with Gasteiger partial charge in [0.25, 0.3) is 11.6 Å². The highest BCUT2D eigenvalue weighted by Crippen LogP contribution is 2.39. The van der Waals surface area contributed by atoms with Crippen LogP contribution in [-0.4, -0.2) is 53.9 Å². The maximum absolute atomic E-state index is 13.0. The van der Waals surface area contributed by atoms with E-state index in [0.29, 0.717) is 22.5 Å². The van der Waals surface area contributed by atoms with Crippen molar-refractivity contribution < 1.29 is 9.72 Å². The number of pyridine rings is 1. The van der Waals surface area contributed by atoms with Gasteiger partial charge in [0, 0.05) is 73.2 Å². The van der Waals surface area contributed by atoms with Gasteiger partial charge in [0.05, 0.1) is 21.9 Å². The molecule has 1 amide bonds. The summed E-state index contributed by atoms with van der Waals surface area (Å²) < 4.78 is 0. The number of nitrogens with one attached hydrogen (secondary N) is 2. The Kier molecular flexibility index (Phi) is 5.69. The predicted octanol–water partition coefficient (Wildman–Crippen LogP) is 3.67. The third-order valence-electron chi connectivity index (χ3n) is 6.16. The highest BCUT2D eigenvalue weighted by Gasteiger charge is 2.30. The van der Waals surface area contributed by atoms with Crippen molar-refractivity contribution in [2.75, 3.05) is 48.8 Å². The fourth-order valence-corrected chi connectivity index (χ4v) is 4.28. The van der Waals surface area contributed by atoms with Crippen molar-refractivity contribution in [1.82, 2.24) is 9.88 Å². The summed E-state index contributed by atoms with van der Waals surface area (Å²) in [5, 5.41) is 17.3. The molecular formula is C25H24N6O3. The van der Waals surface area contributed by atoms with Crippen LogP contribution in [0.15, 0.2) is 67.0 Å². The number of rotatable bonds is 5. The van der Waals surface area contributed by atoms with Crippen LogP contribution in [0.1, 0.15) is 11.1 Å². The second kappa shape index (κ2) is 8.95. The Morgan fingerprint density at radius 1 is 1.09 bits per heavy atom. The monoisotopic (exact) mass is 456 g/mol. The van der Waals surface area contributed by atoms with E-state index in [2.05, 4.69) is 44.6 Å². The van der Waals surface area contributed by atoms with Crippen LogP contribution < -0.4 is 15.5 Å². The summed E-state index contributed by atoms with van der Waals surface area (Å²) >= 11 is 0. The van der Waals surface area contributed by atoms with Crippen LogP contribution in [0.4, 0.5) is 22.7 Å². The van der Waals surface area contributed by atoms with E-state index in [0.717, 1.165) is 43.1 Å². The van der Waals surface area contributed by atoms with Crippen molar-refractivity contribution in [2.24, 2.45) is 0 Å². The van der Waals surface area contributed by atoms with Crippen molar-refractivity contribution >= 4 is 39.9 Å². The van der Waals surface area contributed by atoms with E-state index in [4.69, 9.17) is 0 Å². The molecule has 0 atom stereocenters. The number of likely N-dealkylation sites (N-methyl/N-ethyl adjacent to an activating group) is 1. The minimum Gasteiger partial charge on any atom is -0.369 e. The molecule has 0 radical (unpaired) electrons. The first-order valence-electron chi connectivity index (χ1n) is 11.0. The van der Waals surface area contributed by atoms with Crippen LogP contribution in [0.3, 0.4) is 0 Å². The predicted molar refractivity (Wildman–Crippen MR) is 133 cm³/mol. The first-order chi connectivity index (χ1) is 16.5. The van der Waals surface area contributed by atoms with Gasteiger partial charge in [-0.3, -0.25) is 19.9 Å². The average molecular weight is 457 g/mol. The Morgan fingerprint density at radius 3 is 2.53 bits per heavy atom. The van der Waals surface area contributed by atoms with Crippen LogP contribution in [0, 0.1) is 10.1 Å². The normalized spacial score (nSPS) is 17.2. The largest absolute Gasteiger partial charge is 0.369 e. The van der Waals surface area contributed by atoms with Gasteiger partial charge in [0.2, 0.25) is 0 Å². The summed E-state index contributed by atoms with van der Waals surface area (Å²) in [6.45, 7) is 4.03. The molecule has 9 heteroatoms. The quantitative estimate of drug-likeness (QED) is 0.343. The minimum absolute atomic E-state index is 0.0734. The number of benzene rings is 2. The summed E-state index contributed by atoms with van der Waals surface area (Å²) in [5.41, 5.74) is 4.68. The van der Waals surface area contributed by atoms with Gasteiger partial charge in [-0.1, -0.05) is 0 Å². The number of hydrogen-bond acceptors (Lipinski definition) is 7. The number of nitro groups is 1. The zero-order valence-corrected chi connectivity index (χ0v) is 18.7. The maximum Gasteiger partial charge on any atom is 0.271 e. The summed E-state index contributed by atoms with van der Waals surface area (Å²) in [5.74, 6) is -0.323. The first-order valence-corrected chi connectivity index (χ1v) is 11.0. The summed E-state index contributed by atoms with van der Waals surface area (Å²) in [7, 11) is 2.13. The number of hydrogen-bond donors (Lipinski definition) is 2. The molecule has 3 heterocycles. The highest BCUT2D eigenvalue weighted by atomic mass is 16.6. The van der Waals surface area contributed by atoms with Crippen molar-refractivity contribution in [3.63, 3.8) is 0 Å². The van der Waals surface area contributed by atoms with E-state index in [1.54, 1.807) is 24.5 Å². The van der Waals surface area contributed by atoms with Gasteiger partial charge in [-0.25, -0.2) is 0 Å². The fraction of sp³-hybridized carbons (Fsp3) is 0.200. The molecular weight excluding hydrogens is 432 g/mol. The Hall–Kier alpha value is -4.24. The number of non-ortho nitro benzene ring substituents is 1. The van der Waals surface area contributed by atoms with Gasteiger partial charge in [-0.2, -0.15) is 0 Å². The van der Waals surface area contributed by atoms with Crippen molar-refractivity contribution in [3.8, 4) is 0 Å². The van der Waals surface area contributed by atoms with Gasteiger partial charge < -0.3 is 20.4 Å². The molecule has 3 aromatic rings. The SMILES string of the molecule is CN1CCN(c2ccc(N/C(=C3\C(=O)Nc4cc([N+](=O)[O-])ccc43)c3cccnc3)cc2)CC1. The summed E-state index contributed by atoms with van der Waals surface area (Å²) in [6.07, 6.45) is 3.35. The average Bonchev–Trinajstić information content (AvgIpc) is 3.18. The van der Waals surface area contributed by atoms with E-state index in [1.165, 1.54) is 12.1 Å². The number of carbonyl (C=O) groups is 1. The Morgan fingerprint density at radius 2 is 1.85 bits per heavy atom. The van der Waals surface area contributed by atoms with Gasteiger partial charge in [0.1, 0.15) is 0 Å². The standard InChI is InChI=1S/C25H24N6O3/c1-29-11-13-30(14-12-29)19-6-4-18(5-7-19)27-24(17-3-2-10-26-16-17)23-21-9-8-20(31(33)34)15-22(21)28-25(23)32/h2-10,15-16,27H,11-14H2,1H3,(H,28,32)/b24-23-. The summed E-state index contributed by atoms with van der Waals surface area (Å²) in [6, 6.07) is 16.2. The molecule has 0 spiro atoms. The third-order valence-corrected chi connectivity index (χ3v) is 6.16. The molecule has 0 saturated carbocycles. The molecule has 1 saturated heterocycles.